The summed E-state index contributed by atoms with van der Waals surface area (Å²) in [6.45, 7) is 5.58. The molecule has 0 saturated heterocycles. The molecule has 1 aliphatic carbocycles. The average Bonchev–Trinajstić information content (AvgIpc) is 2.59. The van der Waals surface area contributed by atoms with Gasteiger partial charge in [-0.1, -0.05) is 19.0 Å². The number of carbonyl (C=O) groups excluding carboxylic acids is 2. The number of nitrogens with zero attached hydrogens (tertiary/aromatic N) is 1. The SMILES string of the molecule is COc1ccc(OC)c(C(=O)O/N=C2\C=C(C(C)C)C(=O)C=C2C)c1. The van der Waals surface area contributed by atoms with Gasteiger partial charge in [0, 0.05) is 5.57 Å². The molecule has 0 bridgehead atoms. The molecule has 6 heteroatoms. The van der Waals surface area contributed by atoms with E-state index in [1.165, 1.54) is 26.4 Å². The summed E-state index contributed by atoms with van der Waals surface area (Å²) in [5.41, 5.74) is 1.91. The molecule has 2 rings (SSSR count). The molecule has 0 N–H and O–H groups in total. The topological polar surface area (TPSA) is 74.2 Å². The number of hydrogen-bond donors (Lipinski definition) is 0. The smallest absolute Gasteiger partial charge is 0.369 e. The fraction of sp³-hybridized carbons (Fsp3) is 0.316. The van der Waals surface area contributed by atoms with Crippen LogP contribution >= 0.6 is 0 Å². The molecule has 6 nitrogen and oxygen atoms in total. The van der Waals surface area contributed by atoms with Crippen LogP contribution in [0.4, 0.5) is 0 Å². The lowest BCUT2D eigenvalue weighted by atomic mass is 9.90. The van der Waals surface area contributed by atoms with Crippen molar-refractivity contribution in [3.05, 3.63) is 47.1 Å². The van der Waals surface area contributed by atoms with Crippen molar-refractivity contribution in [2.24, 2.45) is 11.1 Å². The van der Waals surface area contributed by atoms with Gasteiger partial charge in [0.1, 0.15) is 22.8 Å². The van der Waals surface area contributed by atoms with Crippen molar-refractivity contribution in [3.63, 3.8) is 0 Å². The Bertz CT molecular complexity index is 787. The Labute approximate surface area is 146 Å². The fourth-order valence-corrected chi connectivity index (χ4v) is 2.35. The van der Waals surface area contributed by atoms with E-state index in [1.54, 1.807) is 25.1 Å². The normalized spacial score (nSPS) is 15.8. The highest BCUT2D eigenvalue weighted by Crippen LogP contribution is 2.25. The number of carbonyl (C=O) groups is 2. The van der Waals surface area contributed by atoms with E-state index in [4.69, 9.17) is 14.3 Å². The Hall–Kier alpha value is -2.89. The van der Waals surface area contributed by atoms with Gasteiger partial charge in [-0.3, -0.25) is 4.79 Å². The van der Waals surface area contributed by atoms with Gasteiger partial charge in [0.05, 0.1) is 14.2 Å². The van der Waals surface area contributed by atoms with Crippen molar-refractivity contribution in [3.8, 4) is 11.5 Å². The molecule has 0 atom stereocenters. The first-order valence-corrected chi connectivity index (χ1v) is 7.83. The van der Waals surface area contributed by atoms with Crippen molar-refractivity contribution in [1.82, 2.24) is 0 Å². The molecule has 0 unspecified atom stereocenters. The molecule has 1 aliphatic rings. The summed E-state index contributed by atoms with van der Waals surface area (Å²) >= 11 is 0. The first kappa shape index (κ1) is 18.4. The minimum atomic E-state index is -0.674. The average molecular weight is 343 g/mol. The Morgan fingerprint density at radius 3 is 2.44 bits per heavy atom. The quantitative estimate of drug-likeness (QED) is 0.466. The second-order valence-electron chi connectivity index (χ2n) is 5.87. The van der Waals surface area contributed by atoms with Crippen molar-refractivity contribution >= 4 is 17.5 Å². The first-order chi connectivity index (χ1) is 11.9. The summed E-state index contributed by atoms with van der Waals surface area (Å²) in [4.78, 5) is 29.4. The summed E-state index contributed by atoms with van der Waals surface area (Å²) < 4.78 is 10.3. The first-order valence-electron chi connectivity index (χ1n) is 7.83. The molecule has 0 amide bonds. The zero-order chi connectivity index (χ0) is 18.6. The highest BCUT2D eigenvalue weighted by atomic mass is 16.7. The van der Waals surface area contributed by atoms with Crippen LogP contribution in [0.1, 0.15) is 31.1 Å². The lowest BCUT2D eigenvalue weighted by Crippen LogP contribution is -2.16. The van der Waals surface area contributed by atoms with Crippen molar-refractivity contribution in [2.45, 2.75) is 20.8 Å². The van der Waals surface area contributed by atoms with Crippen LogP contribution in [0.15, 0.2) is 46.7 Å². The Kier molecular flexibility index (Phi) is 5.75. The lowest BCUT2D eigenvalue weighted by Gasteiger charge is -2.14. The van der Waals surface area contributed by atoms with Crippen molar-refractivity contribution in [1.29, 1.82) is 0 Å². The number of hydrogen-bond acceptors (Lipinski definition) is 6. The van der Waals surface area contributed by atoms with Gasteiger partial charge < -0.3 is 14.3 Å². The third-order valence-electron chi connectivity index (χ3n) is 3.80. The maximum absolute atomic E-state index is 12.3. The molecule has 0 heterocycles. The molecule has 132 valence electrons. The number of ether oxygens (including phenoxy) is 2. The van der Waals surface area contributed by atoms with E-state index < -0.39 is 5.97 Å². The third kappa shape index (κ3) is 4.15. The Balaban J connectivity index is 2.28. The van der Waals surface area contributed by atoms with Crippen molar-refractivity contribution < 1.29 is 23.9 Å². The summed E-state index contributed by atoms with van der Waals surface area (Å²) in [6, 6.07) is 4.81. The maximum atomic E-state index is 12.3. The molecule has 0 fully saturated rings. The van der Waals surface area contributed by atoms with E-state index >= 15 is 0 Å². The number of ketones is 1. The molecule has 0 spiro atoms. The number of methoxy groups -OCH3 is 2. The predicted molar refractivity (Wildman–Crippen MR) is 94.1 cm³/mol. The van der Waals surface area contributed by atoms with Crippen molar-refractivity contribution in [2.75, 3.05) is 14.2 Å². The molecule has 1 aromatic carbocycles. The van der Waals surface area contributed by atoms with Crippen LogP contribution in [0.3, 0.4) is 0 Å². The van der Waals surface area contributed by atoms with E-state index in [2.05, 4.69) is 5.16 Å². The van der Waals surface area contributed by atoms with Crippen LogP contribution in [-0.4, -0.2) is 31.7 Å². The second kappa shape index (κ2) is 7.79. The number of allylic oxidation sites excluding steroid dienone is 4. The summed E-state index contributed by atoms with van der Waals surface area (Å²) in [7, 11) is 2.96. The fourth-order valence-electron chi connectivity index (χ4n) is 2.35. The van der Waals surface area contributed by atoms with Crippen LogP contribution in [0, 0.1) is 5.92 Å². The lowest BCUT2D eigenvalue weighted by molar-refractivity contribution is -0.111. The minimum absolute atomic E-state index is 0.0489. The number of rotatable bonds is 5. The third-order valence-corrected chi connectivity index (χ3v) is 3.80. The summed E-state index contributed by atoms with van der Waals surface area (Å²) in [5, 5.41) is 3.91. The maximum Gasteiger partial charge on any atom is 0.369 e. The van der Waals surface area contributed by atoms with Gasteiger partial charge >= 0.3 is 5.97 Å². The number of oxime groups is 1. The monoisotopic (exact) mass is 343 g/mol. The van der Waals surface area contributed by atoms with E-state index in [0.717, 1.165) is 0 Å². The largest absolute Gasteiger partial charge is 0.497 e. The van der Waals surface area contributed by atoms with Gasteiger partial charge in [-0.15, -0.1) is 0 Å². The van der Waals surface area contributed by atoms with Crippen LogP contribution in [0.25, 0.3) is 0 Å². The van der Waals surface area contributed by atoms with Gasteiger partial charge in [-0.2, -0.15) is 0 Å². The van der Waals surface area contributed by atoms with Crippen LogP contribution < -0.4 is 9.47 Å². The highest BCUT2D eigenvalue weighted by Gasteiger charge is 2.20. The molecule has 0 aromatic heterocycles. The summed E-state index contributed by atoms with van der Waals surface area (Å²) in [6.07, 6.45) is 3.15. The Morgan fingerprint density at radius 1 is 1.12 bits per heavy atom. The number of benzene rings is 1. The molecule has 25 heavy (non-hydrogen) atoms. The molecule has 0 aliphatic heterocycles. The minimum Gasteiger partial charge on any atom is -0.497 e. The van der Waals surface area contributed by atoms with Crippen LogP contribution in [0.5, 0.6) is 11.5 Å². The van der Waals surface area contributed by atoms with Gasteiger partial charge in [0.15, 0.2) is 5.78 Å². The van der Waals surface area contributed by atoms with Crippen LogP contribution in [-0.2, 0) is 9.63 Å². The molecular formula is C19H21NO5. The van der Waals surface area contributed by atoms with Gasteiger partial charge in [-0.05, 0) is 48.8 Å². The van der Waals surface area contributed by atoms with Gasteiger partial charge in [-0.25, -0.2) is 4.79 Å². The molecule has 0 radical (unpaired) electrons. The molecule has 1 aromatic rings. The zero-order valence-corrected chi connectivity index (χ0v) is 15.0. The Morgan fingerprint density at radius 2 is 1.84 bits per heavy atom. The van der Waals surface area contributed by atoms with E-state index in [0.29, 0.717) is 28.4 Å². The zero-order valence-electron chi connectivity index (χ0n) is 15.0. The van der Waals surface area contributed by atoms with E-state index in [-0.39, 0.29) is 17.3 Å². The van der Waals surface area contributed by atoms with Gasteiger partial charge in [0.2, 0.25) is 0 Å². The van der Waals surface area contributed by atoms with Crippen LogP contribution in [0.2, 0.25) is 0 Å². The van der Waals surface area contributed by atoms with E-state index in [9.17, 15) is 9.59 Å². The van der Waals surface area contributed by atoms with Gasteiger partial charge in [0.25, 0.3) is 0 Å². The standard InChI is InChI=1S/C19H21NO5/c1-11(2)14-10-16(12(3)8-17(14)21)20-25-19(22)15-9-13(23-4)6-7-18(15)24-5/h6-11H,1-5H3/b20-16+. The molecule has 0 saturated carbocycles. The van der Waals surface area contributed by atoms with E-state index in [1.807, 2.05) is 13.8 Å². The predicted octanol–water partition coefficient (Wildman–Crippen LogP) is 3.33. The second-order valence-corrected chi connectivity index (χ2v) is 5.87. The molecular weight excluding hydrogens is 322 g/mol. The summed E-state index contributed by atoms with van der Waals surface area (Å²) in [5.74, 6) is 0.188. The highest BCUT2D eigenvalue weighted by molar-refractivity contribution is 6.21.